The van der Waals surface area contributed by atoms with E-state index in [4.69, 9.17) is 0 Å². The number of hydrogen-bond acceptors (Lipinski definition) is 4. The molecule has 1 saturated carbocycles. The van der Waals surface area contributed by atoms with Crippen molar-refractivity contribution in [2.45, 2.75) is 82.3 Å². The highest BCUT2D eigenvalue weighted by molar-refractivity contribution is 5.32. The molecule has 1 aliphatic carbocycles. The fourth-order valence-corrected chi connectivity index (χ4v) is 4.94. The van der Waals surface area contributed by atoms with E-state index in [2.05, 4.69) is 28.8 Å². The van der Waals surface area contributed by atoms with E-state index < -0.39 is 12.0 Å². The number of halogens is 3. The third kappa shape index (κ3) is 6.09. The number of alkyl halides is 3. The Labute approximate surface area is 171 Å². The van der Waals surface area contributed by atoms with Gasteiger partial charge in [-0.3, -0.25) is 4.90 Å². The molecule has 1 saturated heterocycles. The van der Waals surface area contributed by atoms with Crippen molar-refractivity contribution in [2.24, 2.45) is 0 Å². The van der Waals surface area contributed by atoms with Crippen LogP contribution in [0.2, 0.25) is 0 Å². The van der Waals surface area contributed by atoms with Gasteiger partial charge in [0.15, 0.2) is 0 Å². The van der Waals surface area contributed by atoms with Gasteiger partial charge in [0, 0.05) is 37.6 Å². The Hall–Kier alpha value is -1.31. The van der Waals surface area contributed by atoms with Gasteiger partial charge in [-0.05, 0) is 43.9 Å². The lowest BCUT2D eigenvalue weighted by molar-refractivity contribution is -0.274. The average Bonchev–Trinajstić information content (AvgIpc) is 2.66. The summed E-state index contributed by atoms with van der Waals surface area (Å²) in [4.78, 5) is 2.40. The maximum absolute atomic E-state index is 12.5. The van der Waals surface area contributed by atoms with E-state index in [-0.39, 0.29) is 11.7 Å². The Balaban J connectivity index is 1.81. The summed E-state index contributed by atoms with van der Waals surface area (Å²) < 4.78 is 41.5. The van der Waals surface area contributed by atoms with Crippen molar-refractivity contribution in [1.29, 1.82) is 0 Å². The lowest BCUT2D eigenvalue weighted by Gasteiger charge is -2.44. The van der Waals surface area contributed by atoms with E-state index in [1.165, 1.54) is 12.1 Å². The summed E-state index contributed by atoms with van der Waals surface area (Å²) in [7, 11) is 0. The zero-order valence-electron chi connectivity index (χ0n) is 17.3. The van der Waals surface area contributed by atoms with E-state index in [9.17, 15) is 18.3 Å². The maximum atomic E-state index is 12.5. The lowest BCUT2D eigenvalue weighted by atomic mass is 9.72. The summed E-state index contributed by atoms with van der Waals surface area (Å²) in [6, 6.07) is 6.87. The van der Waals surface area contributed by atoms with Crippen LogP contribution in [0.1, 0.15) is 63.9 Å². The van der Waals surface area contributed by atoms with Gasteiger partial charge in [0.05, 0.1) is 5.60 Å². The van der Waals surface area contributed by atoms with Crippen LogP contribution in [-0.2, 0) is 0 Å². The van der Waals surface area contributed by atoms with Gasteiger partial charge in [0.2, 0.25) is 0 Å². The topological polar surface area (TPSA) is 44.7 Å². The first kappa shape index (κ1) is 22.4. The molecule has 2 fully saturated rings. The molecule has 29 heavy (non-hydrogen) atoms. The van der Waals surface area contributed by atoms with Gasteiger partial charge < -0.3 is 15.2 Å². The van der Waals surface area contributed by atoms with Gasteiger partial charge in [-0.1, -0.05) is 38.3 Å². The van der Waals surface area contributed by atoms with Gasteiger partial charge >= 0.3 is 6.36 Å². The number of rotatable bonds is 6. The fourth-order valence-electron chi connectivity index (χ4n) is 4.94. The predicted octanol–water partition coefficient (Wildman–Crippen LogP) is 4.44. The van der Waals surface area contributed by atoms with Crippen LogP contribution in [0.5, 0.6) is 5.75 Å². The smallest absolute Gasteiger partial charge is 0.406 e. The number of nitrogens with zero attached hydrogens (tertiary/aromatic N) is 1. The number of benzene rings is 1. The number of ether oxygens (including phenoxy) is 1. The van der Waals surface area contributed by atoms with Gasteiger partial charge in [-0.15, -0.1) is 13.2 Å². The van der Waals surface area contributed by atoms with Gasteiger partial charge in [-0.2, -0.15) is 0 Å². The number of hydrogen-bond donors (Lipinski definition) is 2. The van der Waals surface area contributed by atoms with Crippen LogP contribution in [0.3, 0.4) is 0 Å². The highest BCUT2D eigenvalue weighted by Crippen LogP contribution is 2.41. The molecule has 0 bridgehead atoms. The third-order valence-electron chi connectivity index (χ3n) is 6.35. The molecular weight excluding hydrogens is 381 g/mol. The molecule has 3 rings (SSSR count). The van der Waals surface area contributed by atoms with Crippen LogP contribution in [0.4, 0.5) is 13.2 Å². The van der Waals surface area contributed by atoms with Crippen molar-refractivity contribution in [3.05, 3.63) is 29.8 Å². The standard InChI is InChI=1S/C22H33F3N2O2/c1-3-18-14-27(13-16(2)26-18)15-20(21(28)11-5-4-6-12-21)17-7-9-19(10-8-17)29-22(23,24)25/h7-10,16,18,20,26,28H,3-6,11-15H2,1-2H3. The predicted molar refractivity (Wildman–Crippen MR) is 107 cm³/mol. The molecule has 1 heterocycles. The monoisotopic (exact) mass is 414 g/mol. The zero-order chi connectivity index (χ0) is 21.1. The second kappa shape index (κ2) is 9.23. The Morgan fingerprint density at radius 3 is 2.41 bits per heavy atom. The summed E-state index contributed by atoms with van der Waals surface area (Å²) >= 11 is 0. The molecule has 4 nitrogen and oxygen atoms in total. The molecule has 1 aromatic rings. The summed E-state index contributed by atoms with van der Waals surface area (Å²) in [5.41, 5.74) is 0.0590. The molecule has 0 aromatic heterocycles. The zero-order valence-corrected chi connectivity index (χ0v) is 17.3. The van der Waals surface area contributed by atoms with Crippen molar-refractivity contribution in [1.82, 2.24) is 10.2 Å². The van der Waals surface area contributed by atoms with Crippen LogP contribution in [0.25, 0.3) is 0 Å². The quantitative estimate of drug-likeness (QED) is 0.723. The SMILES string of the molecule is CCC1CN(CC(c2ccc(OC(F)(F)F)cc2)C2(O)CCCCC2)CC(C)N1. The van der Waals surface area contributed by atoms with E-state index in [1.807, 2.05) is 0 Å². The largest absolute Gasteiger partial charge is 0.573 e. The average molecular weight is 415 g/mol. The highest BCUT2D eigenvalue weighted by atomic mass is 19.4. The van der Waals surface area contributed by atoms with Crippen molar-refractivity contribution < 1.29 is 23.0 Å². The van der Waals surface area contributed by atoms with Gasteiger partial charge in [0.1, 0.15) is 5.75 Å². The number of nitrogens with one attached hydrogen (secondary N) is 1. The van der Waals surface area contributed by atoms with Crippen LogP contribution in [0, 0.1) is 0 Å². The molecule has 2 aliphatic rings. The van der Waals surface area contributed by atoms with E-state index in [0.29, 0.717) is 18.6 Å². The number of aliphatic hydroxyl groups is 1. The van der Waals surface area contributed by atoms with Crippen LogP contribution in [0.15, 0.2) is 24.3 Å². The molecule has 1 aromatic carbocycles. The van der Waals surface area contributed by atoms with E-state index >= 15 is 0 Å². The van der Waals surface area contributed by atoms with Crippen molar-refractivity contribution in [3.8, 4) is 5.75 Å². The molecule has 1 aliphatic heterocycles. The minimum absolute atomic E-state index is 0.134. The Morgan fingerprint density at radius 2 is 1.83 bits per heavy atom. The minimum atomic E-state index is -4.70. The molecule has 3 atom stereocenters. The van der Waals surface area contributed by atoms with Crippen LogP contribution in [-0.4, -0.2) is 53.7 Å². The Morgan fingerprint density at radius 1 is 1.17 bits per heavy atom. The number of piperazine rings is 1. The summed E-state index contributed by atoms with van der Waals surface area (Å²) in [6.45, 7) is 6.86. The second-order valence-corrected chi connectivity index (χ2v) is 8.73. The normalized spacial score (nSPS) is 26.8. The second-order valence-electron chi connectivity index (χ2n) is 8.73. The lowest BCUT2D eigenvalue weighted by Crippen LogP contribution is -2.57. The fraction of sp³-hybridized carbons (Fsp3) is 0.727. The molecule has 3 unspecified atom stereocenters. The molecule has 0 radical (unpaired) electrons. The Kier molecular flexibility index (Phi) is 7.12. The van der Waals surface area contributed by atoms with Crippen LogP contribution < -0.4 is 10.1 Å². The first-order valence-corrected chi connectivity index (χ1v) is 10.7. The Bertz CT molecular complexity index is 644. The highest BCUT2D eigenvalue weighted by Gasteiger charge is 2.40. The van der Waals surface area contributed by atoms with E-state index in [0.717, 1.165) is 57.2 Å². The summed E-state index contributed by atoms with van der Waals surface area (Å²) in [5, 5.41) is 15.1. The minimum Gasteiger partial charge on any atom is -0.406 e. The third-order valence-corrected chi connectivity index (χ3v) is 6.35. The summed E-state index contributed by atoms with van der Waals surface area (Å²) in [5.74, 6) is -0.358. The van der Waals surface area contributed by atoms with Gasteiger partial charge in [0.25, 0.3) is 0 Å². The molecule has 0 spiro atoms. The molecule has 164 valence electrons. The van der Waals surface area contributed by atoms with E-state index in [1.54, 1.807) is 12.1 Å². The van der Waals surface area contributed by atoms with Crippen LogP contribution >= 0.6 is 0 Å². The van der Waals surface area contributed by atoms with Gasteiger partial charge in [-0.25, -0.2) is 0 Å². The maximum Gasteiger partial charge on any atom is 0.573 e. The van der Waals surface area contributed by atoms with Crippen molar-refractivity contribution >= 4 is 0 Å². The van der Waals surface area contributed by atoms with Crippen molar-refractivity contribution in [3.63, 3.8) is 0 Å². The summed E-state index contributed by atoms with van der Waals surface area (Å²) in [6.07, 6.45) is 0.897. The molecule has 0 amide bonds. The molecule has 2 N–H and O–H groups in total. The first-order valence-electron chi connectivity index (χ1n) is 10.7. The van der Waals surface area contributed by atoms with Crippen molar-refractivity contribution in [2.75, 3.05) is 19.6 Å². The first-order chi connectivity index (χ1) is 13.7. The molecule has 7 heteroatoms. The molecular formula is C22H33F3N2O2.